The lowest BCUT2D eigenvalue weighted by molar-refractivity contribution is 0.324. The molecule has 1 radical (unpaired) electrons. The van der Waals surface area contributed by atoms with Crippen molar-refractivity contribution in [3.8, 4) is 5.75 Å². The topological polar surface area (TPSA) is 9.23 Å². The Labute approximate surface area is 74.4 Å². The van der Waals surface area contributed by atoms with Gasteiger partial charge in [0.05, 0.1) is 6.61 Å². The molecule has 1 aromatic rings. The predicted molar refractivity (Wildman–Crippen MR) is 51.4 cm³/mol. The van der Waals surface area contributed by atoms with Crippen LogP contribution in [0.15, 0.2) is 18.2 Å². The first-order chi connectivity index (χ1) is 5.74. The number of hydrogen-bond donors (Lipinski definition) is 0. The summed E-state index contributed by atoms with van der Waals surface area (Å²) in [6.45, 7) is 8.60. The third kappa shape index (κ3) is 2.26. The molecule has 1 nitrogen and oxygen atoms in total. The van der Waals surface area contributed by atoms with Crippen molar-refractivity contribution >= 4 is 0 Å². The monoisotopic (exact) mass is 163 g/mol. The lowest BCUT2D eigenvalue weighted by Crippen LogP contribution is -1.95. The molecule has 0 aliphatic heterocycles. The maximum absolute atomic E-state index is 5.43. The molecule has 1 heteroatoms. The van der Waals surface area contributed by atoms with Crippen molar-refractivity contribution in [3.05, 3.63) is 36.2 Å². The van der Waals surface area contributed by atoms with Crippen LogP contribution in [0.1, 0.15) is 17.5 Å². The average Bonchev–Trinajstić information content (AvgIpc) is 2.07. The van der Waals surface area contributed by atoms with E-state index in [2.05, 4.69) is 32.9 Å². The normalized spacial score (nSPS) is 9.92. The summed E-state index contributed by atoms with van der Waals surface area (Å²) in [6, 6.07) is 6.14. The van der Waals surface area contributed by atoms with Gasteiger partial charge in [-0.25, -0.2) is 0 Å². The van der Waals surface area contributed by atoms with Gasteiger partial charge in [0.2, 0.25) is 0 Å². The van der Waals surface area contributed by atoms with E-state index >= 15 is 0 Å². The van der Waals surface area contributed by atoms with Gasteiger partial charge in [0.1, 0.15) is 5.75 Å². The molecule has 0 saturated heterocycles. The van der Waals surface area contributed by atoms with Crippen LogP contribution < -0.4 is 4.74 Å². The van der Waals surface area contributed by atoms with Gasteiger partial charge in [0.15, 0.2) is 0 Å². The maximum Gasteiger partial charge on any atom is 0.119 e. The van der Waals surface area contributed by atoms with E-state index in [9.17, 15) is 0 Å². The van der Waals surface area contributed by atoms with Crippen LogP contribution in [0.2, 0.25) is 0 Å². The molecule has 0 aliphatic carbocycles. The van der Waals surface area contributed by atoms with E-state index in [1.165, 1.54) is 11.1 Å². The van der Waals surface area contributed by atoms with E-state index in [-0.39, 0.29) is 0 Å². The van der Waals surface area contributed by atoms with Crippen LogP contribution in [-0.4, -0.2) is 6.61 Å². The Morgan fingerprint density at radius 1 is 1.25 bits per heavy atom. The minimum atomic E-state index is 0.697. The van der Waals surface area contributed by atoms with Gasteiger partial charge in [-0.1, -0.05) is 6.07 Å². The summed E-state index contributed by atoms with van der Waals surface area (Å²) in [7, 11) is 0. The Morgan fingerprint density at radius 2 is 2.00 bits per heavy atom. The summed E-state index contributed by atoms with van der Waals surface area (Å²) in [5.74, 6) is 0.946. The highest BCUT2D eigenvalue weighted by Gasteiger charge is 1.95. The van der Waals surface area contributed by atoms with Gasteiger partial charge in [-0.15, -0.1) is 0 Å². The highest BCUT2D eigenvalue weighted by atomic mass is 16.5. The summed E-state index contributed by atoms with van der Waals surface area (Å²) < 4.78 is 5.43. The van der Waals surface area contributed by atoms with Crippen LogP contribution in [0, 0.1) is 20.8 Å². The molecule has 0 aromatic heterocycles. The molecule has 0 saturated carbocycles. The van der Waals surface area contributed by atoms with Crippen molar-refractivity contribution in [2.24, 2.45) is 0 Å². The van der Waals surface area contributed by atoms with E-state index in [1.807, 2.05) is 6.07 Å². The molecular weight excluding hydrogens is 148 g/mol. The molecule has 0 bridgehead atoms. The molecule has 0 heterocycles. The number of ether oxygens (including phenoxy) is 1. The molecule has 0 fully saturated rings. The second-order valence-electron chi connectivity index (χ2n) is 2.95. The molecule has 0 N–H and O–H groups in total. The van der Waals surface area contributed by atoms with Crippen LogP contribution in [0.4, 0.5) is 0 Å². The fourth-order valence-corrected chi connectivity index (χ4v) is 0.994. The second kappa shape index (κ2) is 4.15. The lowest BCUT2D eigenvalue weighted by Gasteiger charge is -2.06. The zero-order valence-electron chi connectivity index (χ0n) is 7.76. The van der Waals surface area contributed by atoms with Crippen LogP contribution in [0.25, 0.3) is 0 Å². The Balaban J connectivity index is 2.69. The summed E-state index contributed by atoms with van der Waals surface area (Å²) >= 11 is 0. The molecule has 0 aliphatic rings. The summed E-state index contributed by atoms with van der Waals surface area (Å²) in [5, 5.41) is 0. The van der Waals surface area contributed by atoms with Gasteiger partial charge >= 0.3 is 0 Å². The SMILES string of the molecule is [CH2]CCOc1ccc(C)c(C)c1. The quantitative estimate of drug-likeness (QED) is 0.665. The van der Waals surface area contributed by atoms with Gasteiger partial charge in [-0.05, 0) is 50.5 Å². The highest BCUT2D eigenvalue weighted by Crippen LogP contribution is 2.16. The van der Waals surface area contributed by atoms with Crippen LogP contribution >= 0.6 is 0 Å². The standard InChI is InChI=1S/C11H15O/c1-4-7-12-11-6-5-9(2)10(3)8-11/h5-6,8H,1,4,7H2,2-3H3. The van der Waals surface area contributed by atoms with Crippen molar-refractivity contribution in [1.29, 1.82) is 0 Å². The minimum absolute atomic E-state index is 0.697. The average molecular weight is 163 g/mol. The summed E-state index contributed by atoms with van der Waals surface area (Å²) in [5.41, 5.74) is 2.58. The van der Waals surface area contributed by atoms with Crippen molar-refractivity contribution < 1.29 is 4.74 Å². The van der Waals surface area contributed by atoms with Gasteiger partial charge in [-0.2, -0.15) is 0 Å². The Morgan fingerprint density at radius 3 is 2.58 bits per heavy atom. The second-order valence-corrected chi connectivity index (χ2v) is 2.95. The zero-order valence-corrected chi connectivity index (χ0v) is 7.76. The molecule has 12 heavy (non-hydrogen) atoms. The van der Waals surface area contributed by atoms with Gasteiger partial charge in [-0.3, -0.25) is 0 Å². The first-order valence-corrected chi connectivity index (χ1v) is 4.23. The smallest absolute Gasteiger partial charge is 0.119 e. The molecule has 0 spiro atoms. The van der Waals surface area contributed by atoms with E-state index < -0.39 is 0 Å². The fourth-order valence-electron chi connectivity index (χ4n) is 0.994. The van der Waals surface area contributed by atoms with E-state index in [1.54, 1.807) is 0 Å². The third-order valence-electron chi connectivity index (χ3n) is 1.89. The molecule has 65 valence electrons. The number of benzene rings is 1. The van der Waals surface area contributed by atoms with E-state index in [4.69, 9.17) is 4.74 Å². The summed E-state index contributed by atoms with van der Waals surface area (Å²) in [4.78, 5) is 0. The highest BCUT2D eigenvalue weighted by molar-refractivity contribution is 5.33. The van der Waals surface area contributed by atoms with E-state index in [0.717, 1.165) is 12.2 Å². The van der Waals surface area contributed by atoms with Gasteiger partial charge in [0.25, 0.3) is 0 Å². The van der Waals surface area contributed by atoms with Gasteiger partial charge < -0.3 is 4.74 Å². The van der Waals surface area contributed by atoms with Crippen LogP contribution in [0.3, 0.4) is 0 Å². The molecule has 0 amide bonds. The predicted octanol–water partition coefficient (Wildman–Crippen LogP) is 2.91. The van der Waals surface area contributed by atoms with Crippen LogP contribution in [0.5, 0.6) is 5.75 Å². The molecule has 0 unspecified atom stereocenters. The molecular formula is C11H15O. The fraction of sp³-hybridized carbons (Fsp3) is 0.364. The zero-order chi connectivity index (χ0) is 8.97. The number of rotatable bonds is 3. The molecule has 1 rings (SSSR count). The first-order valence-electron chi connectivity index (χ1n) is 4.23. The Hall–Kier alpha value is -0.980. The lowest BCUT2D eigenvalue weighted by atomic mass is 10.1. The minimum Gasteiger partial charge on any atom is -0.494 e. The Bertz CT molecular complexity index is 253. The van der Waals surface area contributed by atoms with E-state index in [0.29, 0.717) is 6.61 Å². The first kappa shape index (κ1) is 9.11. The van der Waals surface area contributed by atoms with Crippen LogP contribution in [-0.2, 0) is 0 Å². The number of hydrogen-bond acceptors (Lipinski definition) is 1. The molecule has 0 atom stereocenters. The molecule has 1 aromatic carbocycles. The maximum atomic E-state index is 5.43. The Kier molecular flexibility index (Phi) is 3.15. The van der Waals surface area contributed by atoms with Crippen molar-refractivity contribution in [2.45, 2.75) is 20.3 Å². The van der Waals surface area contributed by atoms with Crippen molar-refractivity contribution in [1.82, 2.24) is 0 Å². The van der Waals surface area contributed by atoms with Crippen molar-refractivity contribution in [3.63, 3.8) is 0 Å². The number of aryl methyl sites for hydroxylation is 2. The summed E-state index contributed by atoms with van der Waals surface area (Å²) in [6.07, 6.45) is 0.812. The largest absolute Gasteiger partial charge is 0.494 e. The van der Waals surface area contributed by atoms with Gasteiger partial charge in [0, 0.05) is 0 Å². The third-order valence-corrected chi connectivity index (χ3v) is 1.89. The van der Waals surface area contributed by atoms with Crippen molar-refractivity contribution in [2.75, 3.05) is 6.61 Å².